The van der Waals surface area contributed by atoms with Gasteiger partial charge in [0.05, 0.1) is 6.07 Å². The Kier molecular flexibility index (Phi) is 7.72. The molecule has 0 heterocycles. The summed E-state index contributed by atoms with van der Waals surface area (Å²) in [5.74, 6) is -1.28. The van der Waals surface area contributed by atoms with E-state index in [1.165, 1.54) is 4.90 Å². The van der Waals surface area contributed by atoms with Gasteiger partial charge in [0, 0.05) is 19.6 Å². The van der Waals surface area contributed by atoms with E-state index in [-0.39, 0.29) is 6.54 Å². The molecule has 0 unspecified atom stereocenters. The zero-order valence-corrected chi connectivity index (χ0v) is 10.7. The minimum absolute atomic E-state index is 0.141. The molecule has 96 valence electrons. The number of nitriles is 1. The molecule has 0 aromatic carbocycles. The first kappa shape index (κ1) is 15.4. The van der Waals surface area contributed by atoms with Gasteiger partial charge < -0.3 is 15.1 Å². The monoisotopic (exact) mass is 240 g/mol. The second kappa shape index (κ2) is 8.53. The molecule has 1 N–H and O–H groups in total. The molecule has 0 aliphatic rings. The first-order chi connectivity index (χ1) is 8.02. The number of carbonyl (C=O) groups is 2. The third-order valence-electron chi connectivity index (χ3n) is 2.12. The number of hydrogen-bond acceptors (Lipinski definition) is 4. The maximum Gasteiger partial charge on any atom is 0.311 e. The minimum atomic E-state index is -0.709. The zero-order valence-electron chi connectivity index (χ0n) is 10.7. The van der Waals surface area contributed by atoms with Crippen molar-refractivity contribution in [2.24, 2.45) is 0 Å². The highest BCUT2D eigenvalue weighted by Crippen LogP contribution is 1.94. The highest BCUT2D eigenvalue weighted by atomic mass is 16.2. The summed E-state index contributed by atoms with van der Waals surface area (Å²) in [5, 5.41) is 10.6. The Morgan fingerprint density at radius 2 is 1.88 bits per heavy atom. The number of amides is 2. The summed E-state index contributed by atoms with van der Waals surface area (Å²) < 4.78 is 0. The van der Waals surface area contributed by atoms with Crippen molar-refractivity contribution in [1.29, 1.82) is 5.26 Å². The fourth-order valence-electron chi connectivity index (χ4n) is 1.24. The number of carbonyl (C=O) groups excluding carboxylic acids is 2. The van der Waals surface area contributed by atoms with Crippen molar-refractivity contribution in [3.8, 4) is 6.07 Å². The van der Waals surface area contributed by atoms with Crippen LogP contribution in [0.15, 0.2) is 0 Å². The van der Waals surface area contributed by atoms with Crippen LogP contribution in [-0.2, 0) is 9.59 Å². The molecular formula is C11H20N4O2. The van der Waals surface area contributed by atoms with E-state index < -0.39 is 11.8 Å². The molecule has 0 aliphatic heterocycles. The quantitative estimate of drug-likeness (QED) is 0.498. The van der Waals surface area contributed by atoms with Crippen LogP contribution in [0.1, 0.15) is 13.3 Å². The van der Waals surface area contributed by atoms with Crippen molar-refractivity contribution in [2.75, 3.05) is 40.3 Å². The molecule has 2 amide bonds. The van der Waals surface area contributed by atoms with Crippen molar-refractivity contribution in [2.45, 2.75) is 13.3 Å². The predicted molar refractivity (Wildman–Crippen MR) is 64.0 cm³/mol. The van der Waals surface area contributed by atoms with Crippen LogP contribution in [-0.4, -0.2) is 61.9 Å². The summed E-state index contributed by atoms with van der Waals surface area (Å²) in [6.45, 7) is 3.57. The Hall–Kier alpha value is -1.61. The Morgan fingerprint density at radius 3 is 2.35 bits per heavy atom. The van der Waals surface area contributed by atoms with E-state index in [9.17, 15) is 9.59 Å². The molecule has 0 radical (unpaired) electrons. The lowest BCUT2D eigenvalue weighted by atomic mass is 10.3. The highest BCUT2D eigenvalue weighted by Gasteiger charge is 2.20. The number of likely N-dealkylation sites (N-methyl/N-ethyl adjacent to an activating group) is 1. The lowest BCUT2D eigenvalue weighted by Crippen LogP contribution is -2.45. The van der Waals surface area contributed by atoms with Gasteiger partial charge in [-0.1, -0.05) is 6.92 Å². The summed E-state index contributed by atoms with van der Waals surface area (Å²) in [4.78, 5) is 26.6. The van der Waals surface area contributed by atoms with Gasteiger partial charge in [-0.15, -0.1) is 0 Å². The maximum absolute atomic E-state index is 11.7. The summed E-state index contributed by atoms with van der Waals surface area (Å²) in [6.07, 6.45) is 0.796. The van der Waals surface area contributed by atoms with Crippen molar-refractivity contribution >= 4 is 11.8 Å². The third-order valence-corrected chi connectivity index (χ3v) is 2.12. The molecular weight excluding hydrogens is 220 g/mol. The Morgan fingerprint density at radius 1 is 1.24 bits per heavy atom. The molecule has 0 spiro atoms. The van der Waals surface area contributed by atoms with Crippen molar-refractivity contribution in [3.05, 3.63) is 0 Å². The van der Waals surface area contributed by atoms with Gasteiger partial charge in [-0.25, -0.2) is 0 Å². The van der Waals surface area contributed by atoms with Gasteiger partial charge in [0.2, 0.25) is 0 Å². The average Bonchev–Trinajstić information content (AvgIpc) is 2.30. The first-order valence-corrected chi connectivity index (χ1v) is 5.61. The average molecular weight is 240 g/mol. The van der Waals surface area contributed by atoms with Crippen LogP contribution < -0.4 is 5.32 Å². The van der Waals surface area contributed by atoms with E-state index in [4.69, 9.17) is 5.26 Å². The zero-order chi connectivity index (χ0) is 13.3. The number of nitrogens with zero attached hydrogens (tertiary/aromatic N) is 3. The van der Waals surface area contributed by atoms with E-state index in [0.717, 1.165) is 6.42 Å². The standard InChI is InChI=1S/C11H20N4O2/c1-4-7-15(9-8-14(2)3)11(17)10(16)13-6-5-12/h4,6-9H2,1-3H3,(H,13,16). The van der Waals surface area contributed by atoms with E-state index in [0.29, 0.717) is 19.6 Å². The predicted octanol–water partition coefficient (Wildman–Crippen LogP) is -0.574. The largest absolute Gasteiger partial charge is 0.335 e. The fourth-order valence-corrected chi connectivity index (χ4v) is 1.24. The van der Waals surface area contributed by atoms with Crippen LogP contribution in [0.2, 0.25) is 0 Å². The molecule has 0 aromatic rings. The van der Waals surface area contributed by atoms with Crippen LogP contribution in [0.25, 0.3) is 0 Å². The Bertz CT molecular complexity index is 296. The van der Waals surface area contributed by atoms with Crippen LogP contribution in [0, 0.1) is 11.3 Å². The van der Waals surface area contributed by atoms with E-state index >= 15 is 0 Å². The van der Waals surface area contributed by atoms with Crippen molar-refractivity contribution < 1.29 is 9.59 Å². The Labute approximate surface area is 102 Å². The van der Waals surface area contributed by atoms with Gasteiger partial charge in [0.15, 0.2) is 0 Å². The molecule has 0 fully saturated rings. The fraction of sp³-hybridized carbons (Fsp3) is 0.727. The van der Waals surface area contributed by atoms with Gasteiger partial charge in [-0.3, -0.25) is 9.59 Å². The summed E-state index contributed by atoms with van der Waals surface area (Å²) in [7, 11) is 3.81. The minimum Gasteiger partial charge on any atom is -0.335 e. The normalized spacial score (nSPS) is 9.82. The highest BCUT2D eigenvalue weighted by molar-refractivity contribution is 6.35. The molecule has 6 heteroatoms. The van der Waals surface area contributed by atoms with Gasteiger partial charge >= 0.3 is 11.8 Å². The summed E-state index contributed by atoms with van der Waals surface area (Å²) in [5.41, 5.74) is 0. The lowest BCUT2D eigenvalue weighted by Gasteiger charge is -2.23. The van der Waals surface area contributed by atoms with Crippen LogP contribution >= 0.6 is 0 Å². The van der Waals surface area contributed by atoms with Gasteiger partial charge in [-0.2, -0.15) is 5.26 Å². The third kappa shape index (κ3) is 6.53. The van der Waals surface area contributed by atoms with Crippen molar-refractivity contribution in [3.63, 3.8) is 0 Å². The summed E-state index contributed by atoms with van der Waals surface area (Å²) >= 11 is 0. The van der Waals surface area contributed by atoms with Crippen LogP contribution in [0.4, 0.5) is 0 Å². The first-order valence-electron chi connectivity index (χ1n) is 5.61. The van der Waals surface area contributed by atoms with E-state index in [1.54, 1.807) is 6.07 Å². The van der Waals surface area contributed by atoms with Gasteiger partial charge in [0.1, 0.15) is 6.54 Å². The second-order valence-corrected chi connectivity index (χ2v) is 3.94. The molecule has 17 heavy (non-hydrogen) atoms. The molecule has 0 rings (SSSR count). The second-order valence-electron chi connectivity index (χ2n) is 3.94. The van der Waals surface area contributed by atoms with Crippen molar-refractivity contribution in [1.82, 2.24) is 15.1 Å². The molecule has 0 saturated carbocycles. The van der Waals surface area contributed by atoms with E-state index in [2.05, 4.69) is 5.32 Å². The van der Waals surface area contributed by atoms with Gasteiger partial charge in [0.25, 0.3) is 0 Å². The molecule has 0 saturated heterocycles. The molecule has 0 bridgehead atoms. The Balaban J connectivity index is 4.32. The van der Waals surface area contributed by atoms with Crippen LogP contribution in [0.3, 0.4) is 0 Å². The summed E-state index contributed by atoms with van der Waals surface area (Å²) in [6, 6.07) is 1.76. The molecule has 0 atom stereocenters. The topological polar surface area (TPSA) is 76.4 Å². The molecule has 0 aromatic heterocycles. The van der Waals surface area contributed by atoms with Crippen LogP contribution in [0.5, 0.6) is 0 Å². The van der Waals surface area contributed by atoms with Gasteiger partial charge in [-0.05, 0) is 20.5 Å². The number of nitrogens with one attached hydrogen (secondary N) is 1. The lowest BCUT2D eigenvalue weighted by molar-refractivity contribution is -0.145. The maximum atomic E-state index is 11.7. The number of rotatable bonds is 6. The SMILES string of the molecule is CCCN(CCN(C)C)C(=O)C(=O)NCC#N. The molecule has 0 aliphatic carbocycles. The number of hydrogen-bond donors (Lipinski definition) is 1. The molecule has 6 nitrogen and oxygen atoms in total. The smallest absolute Gasteiger partial charge is 0.311 e. The van der Waals surface area contributed by atoms with E-state index in [1.807, 2.05) is 25.9 Å².